The molecule has 26 heavy (non-hydrogen) atoms. The van der Waals surface area contributed by atoms with Crippen molar-refractivity contribution in [2.45, 2.75) is 70.1 Å². The molecule has 0 spiro atoms. The van der Waals surface area contributed by atoms with Gasteiger partial charge in [0.25, 0.3) is 0 Å². The highest BCUT2D eigenvalue weighted by Gasteiger charge is 2.36. The Morgan fingerprint density at radius 2 is 1.35 bits per heavy atom. The van der Waals surface area contributed by atoms with Gasteiger partial charge in [0.1, 0.15) is 0 Å². The highest BCUT2D eigenvalue weighted by molar-refractivity contribution is 7.98. The van der Waals surface area contributed by atoms with Gasteiger partial charge in [0.05, 0.1) is 0 Å². The quantitative estimate of drug-likeness (QED) is 0.249. The Morgan fingerprint density at radius 3 is 1.96 bits per heavy atom. The van der Waals surface area contributed by atoms with E-state index in [2.05, 4.69) is 31.2 Å². The molecule has 3 nitrogen and oxygen atoms in total. The van der Waals surface area contributed by atoms with Crippen LogP contribution in [0.25, 0.3) is 0 Å². The third-order valence-electron chi connectivity index (χ3n) is 4.82. The number of rotatable bonds is 16. The monoisotopic (exact) mass is 398 g/mol. The molecule has 0 N–H and O–H groups in total. The van der Waals surface area contributed by atoms with Crippen molar-refractivity contribution in [3.05, 3.63) is 35.4 Å². The second kappa shape index (κ2) is 14.7. The van der Waals surface area contributed by atoms with Crippen LogP contribution in [0.5, 0.6) is 0 Å². The minimum absolute atomic E-state index is 0.876. The molecule has 0 atom stereocenters. The Bertz CT molecular complexity index is 441. The van der Waals surface area contributed by atoms with Crippen LogP contribution in [0.4, 0.5) is 0 Å². The van der Waals surface area contributed by atoms with Gasteiger partial charge in [-0.3, -0.25) is 0 Å². The normalized spacial score (nSPS) is 11.8. The third kappa shape index (κ3) is 9.56. The lowest BCUT2D eigenvalue weighted by atomic mass is 10.0. The van der Waals surface area contributed by atoms with E-state index in [9.17, 15) is 0 Å². The molecule has 0 aliphatic rings. The summed E-state index contributed by atoms with van der Waals surface area (Å²) in [5.41, 5.74) is 2.89. The maximum Gasteiger partial charge on any atom is 0.500 e. The number of thioether (sulfide) groups is 1. The largest absolute Gasteiger partial charge is 0.500 e. The van der Waals surface area contributed by atoms with E-state index >= 15 is 0 Å². The molecule has 0 radical (unpaired) electrons. The fraction of sp³-hybridized carbons (Fsp3) is 0.714. The first-order chi connectivity index (χ1) is 12.7. The van der Waals surface area contributed by atoms with E-state index in [4.69, 9.17) is 13.3 Å². The topological polar surface area (TPSA) is 27.7 Å². The molecule has 1 rings (SSSR count). The van der Waals surface area contributed by atoms with E-state index in [1.54, 1.807) is 21.3 Å². The number of benzene rings is 1. The van der Waals surface area contributed by atoms with Crippen LogP contribution in [0.15, 0.2) is 24.3 Å². The van der Waals surface area contributed by atoms with Crippen molar-refractivity contribution in [2.75, 3.05) is 27.1 Å². The maximum atomic E-state index is 5.46. The first-order valence-electron chi connectivity index (χ1n) is 10.0. The Balaban J connectivity index is 2.16. The Hall–Kier alpha value is -0.333. The van der Waals surface area contributed by atoms with Crippen LogP contribution in [0, 0.1) is 0 Å². The number of unbranched alkanes of at least 4 members (excludes halogenated alkanes) is 5. The number of hydrogen-bond donors (Lipinski definition) is 0. The van der Waals surface area contributed by atoms with Gasteiger partial charge in [-0.05, 0) is 36.1 Å². The van der Waals surface area contributed by atoms with E-state index in [1.165, 1.54) is 56.1 Å². The van der Waals surface area contributed by atoms with Crippen LogP contribution in [-0.4, -0.2) is 35.9 Å². The molecule has 0 heterocycles. The van der Waals surface area contributed by atoms with Crippen LogP contribution in [0.3, 0.4) is 0 Å². The van der Waals surface area contributed by atoms with Crippen molar-refractivity contribution in [1.29, 1.82) is 0 Å². The first-order valence-corrected chi connectivity index (χ1v) is 13.1. The van der Waals surface area contributed by atoms with E-state index in [1.807, 2.05) is 11.8 Å². The standard InChI is InChI=1S/C21H38O3SSi/c1-5-6-7-8-9-10-12-20-13-15-21(16-14-20)19-25-17-11-18-26(22-2,23-3)24-4/h13-16H,5-12,17-19H2,1-4H3. The van der Waals surface area contributed by atoms with Gasteiger partial charge < -0.3 is 13.3 Å². The lowest BCUT2D eigenvalue weighted by Gasteiger charge is -2.24. The fourth-order valence-corrected chi connectivity index (χ4v) is 5.95. The highest BCUT2D eigenvalue weighted by Crippen LogP contribution is 2.20. The van der Waals surface area contributed by atoms with Gasteiger partial charge in [0.2, 0.25) is 0 Å². The van der Waals surface area contributed by atoms with Crippen molar-refractivity contribution in [1.82, 2.24) is 0 Å². The molecule has 0 amide bonds. The van der Waals surface area contributed by atoms with Crippen LogP contribution in [0.2, 0.25) is 6.04 Å². The summed E-state index contributed by atoms with van der Waals surface area (Å²) in [6.07, 6.45) is 10.5. The molecule has 150 valence electrons. The van der Waals surface area contributed by atoms with Gasteiger partial charge in [-0.25, -0.2) is 0 Å². The minimum atomic E-state index is -2.39. The van der Waals surface area contributed by atoms with Crippen LogP contribution in [-0.2, 0) is 25.5 Å². The van der Waals surface area contributed by atoms with E-state index in [0.29, 0.717) is 0 Å². The zero-order chi connectivity index (χ0) is 19.1. The molecule has 0 aliphatic carbocycles. The van der Waals surface area contributed by atoms with E-state index < -0.39 is 8.80 Å². The van der Waals surface area contributed by atoms with Crippen molar-refractivity contribution in [3.63, 3.8) is 0 Å². The summed E-state index contributed by atoms with van der Waals surface area (Å²) < 4.78 is 16.4. The van der Waals surface area contributed by atoms with Crippen molar-refractivity contribution in [2.24, 2.45) is 0 Å². The number of aryl methyl sites for hydroxylation is 1. The van der Waals surface area contributed by atoms with Crippen molar-refractivity contribution in [3.8, 4) is 0 Å². The zero-order valence-electron chi connectivity index (χ0n) is 17.2. The maximum absolute atomic E-state index is 5.46. The molecular weight excluding hydrogens is 360 g/mol. The summed E-state index contributed by atoms with van der Waals surface area (Å²) in [6, 6.07) is 10.1. The van der Waals surface area contributed by atoms with Crippen LogP contribution < -0.4 is 0 Å². The average Bonchev–Trinajstić information content (AvgIpc) is 2.69. The SMILES string of the molecule is CCCCCCCCc1ccc(CSCCC[Si](OC)(OC)OC)cc1. The minimum Gasteiger partial charge on any atom is -0.377 e. The third-order valence-corrected chi connectivity index (χ3v) is 8.76. The molecule has 0 bridgehead atoms. The average molecular weight is 399 g/mol. The predicted molar refractivity (Wildman–Crippen MR) is 116 cm³/mol. The summed E-state index contributed by atoms with van der Waals surface area (Å²) in [5.74, 6) is 2.17. The lowest BCUT2D eigenvalue weighted by Crippen LogP contribution is -2.42. The Kier molecular flexibility index (Phi) is 13.4. The predicted octanol–water partition coefficient (Wildman–Crippen LogP) is 6.09. The highest BCUT2D eigenvalue weighted by atomic mass is 32.2. The molecule has 1 aromatic rings. The second-order valence-corrected chi connectivity index (χ2v) is 11.0. The van der Waals surface area contributed by atoms with Gasteiger partial charge in [0, 0.05) is 33.1 Å². The summed E-state index contributed by atoms with van der Waals surface area (Å²) in [7, 11) is 2.65. The van der Waals surface area contributed by atoms with Crippen LogP contribution >= 0.6 is 11.8 Å². The molecule has 1 aromatic carbocycles. The molecule has 0 aromatic heterocycles. The smallest absolute Gasteiger partial charge is 0.377 e. The van der Waals surface area contributed by atoms with Gasteiger partial charge in [-0.15, -0.1) is 0 Å². The molecule has 0 fully saturated rings. The van der Waals surface area contributed by atoms with Gasteiger partial charge in [0.15, 0.2) is 0 Å². The summed E-state index contributed by atoms with van der Waals surface area (Å²) in [5, 5.41) is 0. The van der Waals surface area contributed by atoms with E-state index in [0.717, 1.165) is 24.0 Å². The Morgan fingerprint density at radius 1 is 0.769 bits per heavy atom. The summed E-state index contributed by atoms with van der Waals surface area (Å²) in [4.78, 5) is 0. The van der Waals surface area contributed by atoms with Crippen LogP contribution in [0.1, 0.15) is 63.0 Å². The Labute approximate surface area is 166 Å². The molecule has 0 aliphatic heterocycles. The fourth-order valence-electron chi connectivity index (χ4n) is 3.05. The molecular formula is C21H38O3SSi. The van der Waals surface area contributed by atoms with Gasteiger partial charge >= 0.3 is 8.80 Å². The van der Waals surface area contributed by atoms with E-state index in [-0.39, 0.29) is 0 Å². The molecule has 0 unspecified atom stereocenters. The molecule has 0 saturated carbocycles. The first kappa shape index (κ1) is 23.7. The van der Waals surface area contributed by atoms with Crippen molar-refractivity contribution >= 4 is 20.6 Å². The van der Waals surface area contributed by atoms with Gasteiger partial charge in [-0.2, -0.15) is 11.8 Å². The lowest BCUT2D eigenvalue weighted by molar-refractivity contribution is 0.123. The molecule has 5 heteroatoms. The second-order valence-electron chi connectivity index (χ2n) is 6.79. The zero-order valence-corrected chi connectivity index (χ0v) is 19.0. The van der Waals surface area contributed by atoms with Gasteiger partial charge in [-0.1, -0.05) is 63.3 Å². The number of hydrogen-bond acceptors (Lipinski definition) is 4. The summed E-state index contributed by atoms with van der Waals surface area (Å²) >= 11 is 1.97. The van der Waals surface area contributed by atoms with Crippen molar-refractivity contribution < 1.29 is 13.3 Å². The summed E-state index contributed by atoms with van der Waals surface area (Å²) in [6.45, 7) is 2.27. The molecule has 0 saturated heterocycles.